The van der Waals surface area contributed by atoms with Gasteiger partial charge < -0.3 is 10.1 Å². The summed E-state index contributed by atoms with van der Waals surface area (Å²) in [6.07, 6.45) is 1.13. The molecule has 2 rings (SSSR count). The monoisotopic (exact) mass is 258 g/mol. The summed E-state index contributed by atoms with van der Waals surface area (Å²) in [5.41, 5.74) is 1.73. The summed E-state index contributed by atoms with van der Waals surface area (Å²) in [6.45, 7) is 7.81. The highest BCUT2D eigenvalue weighted by atomic mass is 16.5. The Balaban J connectivity index is 2.01. The van der Waals surface area contributed by atoms with E-state index in [0.29, 0.717) is 12.0 Å². The van der Waals surface area contributed by atoms with Gasteiger partial charge in [0.15, 0.2) is 0 Å². The molecular formula is C16H22N2O. The molecule has 0 amide bonds. The van der Waals surface area contributed by atoms with Gasteiger partial charge in [-0.2, -0.15) is 5.26 Å². The van der Waals surface area contributed by atoms with Gasteiger partial charge in [0.1, 0.15) is 0 Å². The van der Waals surface area contributed by atoms with Gasteiger partial charge in [-0.3, -0.25) is 0 Å². The molecule has 1 aliphatic heterocycles. The van der Waals surface area contributed by atoms with Gasteiger partial charge in [-0.1, -0.05) is 12.1 Å². The molecule has 0 aliphatic carbocycles. The molecule has 0 spiro atoms. The number of benzene rings is 1. The van der Waals surface area contributed by atoms with Crippen molar-refractivity contribution in [3.05, 3.63) is 29.8 Å². The Morgan fingerprint density at radius 2 is 2.05 bits per heavy atom. The van der Waals surface area contributed by atoms with E-state index in [9.17, 15) is 0 Å². The van der Waals surface area contributed by atoms with Crippen molar-refractivity contribution < 1.29 is 4.74 Å². The van der Waals surface area contributed by atoms with Crippen molar-refractivity contribution in [1.82, 2.24) is 0 Å². The molecule has 0 aromatic heterocycles. The Morgan fingerprint density at radius 3 is 2.58 bits per heavy atom. The first-order valence-corrected chi connectivity index (χ1v) is 6.89. The van der Waals surface area contributed by atoms with E-state index in [2.05, 4.69) is 30.4 Å². The summed E-state index contributed by atoms with van der Waals surface area (Å²) in [7, 11) is 0. The minimum atomic E-state index is -0.427. The molecule has 3 nitrogen and oxygen atoms in total. The zero-order valence-electron chi connectivity index (χ0n) is 11.9. The summed E-state index contributed by atoms with van der Waals surface area (Å²) < 4.78 is 5.42. The average Bonchev–Trinajstić information content (AvgIpc) is 2.93. The molecule has 1 fully saturated rings. The number of nitrogens with zero attached hydrogens (tertiary/aromatic N) is 1. The molecule has 0 saturated carbocycles. The fourth-order valence-corrected chi connectivity index (χ4v) is 2.38. The Labute approximate surface area is 115 Å². The molecule has 2 atom stereocenters. The minimum absolute atomic E-state index is 0.414. The fraction of sp³-hybridized carbons (Fsp3) is 0.562. The molecule has 1 aromatic carbocycles. The van der Waals surface area contributed by atoms with E-state index in [1.165, 1.54) is 0 Å². The lowest BCUT2D eigenvalue weighted by Crippen LogP contribution is -2.26. The maximum absolute atomic E-state index is 9.13. The van der Waals surface area contributed by atoms with E-state index in [1.807, 2.05) is 26.0 Å². The van der Waals surface area contributed by atoms with Gasteiger partial charge in [0.05, 0.1) is 18.1 Å². The number of hydrogen-bond donors (Lipinski definition) is 1. The molecule has 1 aromatic rings. The zero-order chi connectivity index (χ0) is 13.9. The molecule has 1 N–H and O–H groups in total. The van der Waals surface area contributed by atoms with Gasteiger partial charge in [0.2, 0.25) is 0 Å². The predicted octanol–water partition coefficient (Wildman–Crippen LogP) is 3.32. The first kappa shape index (κ1) is 13.9. The van der Waals surface area contributed by atoms with Crippen LogP contribution in [0.15, 0.2) is 24.3 Å². The van der Waals surface area contributed by atoms with E-state index in [1.54, 1.807) is 0 Å². The van der Waals surface area contributed by atoms with Crippen molar-refractivity contribution in [3.8, 4) is 6.07 Å². The van der Waals surface area contributed by atoms with Crippen LogP contribution in [0.2, 0.25) is 0 Å². The van der Waals surface area contributed by atoms with Crippen LogP contribution in [0.1, 0.15) is 32.8 Å². The van der Waals surface area contributed by atoms with Crippen molar-refractivity contribution >= 4 is 5.69 Å². The van der Waals surface area contributed by atoms with E-state index in [4.69, 9.17) is 10.00 Å². The van der Waals surface area contributed by atoms with Crippen molar-refractivity contribution in [1.29, 1.82) is 5.26 Å². The summed E-state index contributed by atoms with van der Waals surface area (Å²) >= 11 is 0. The lowest BCUT2D eigenvalue weighted by atomic mass is 9.86. The number of anilines is 1. The highest BCUT2D eigenvalue weighted by molar-refractivity contribution is 5.47. The SMILES string of the molecule is CC(Nc1ccc(C(C)(C)C#N)cc1)C1CCOC1. The molecule has 19 heavy (non-hydrogen) atoms. The number of rotatable bonds is 4. The number of nitrogens with one attached hydrogen (secondary N) is 1. The fourth-order valence-electron chi connectivity index (χ4n) is 2.38. The largest absolute Gasteiger partial charge is 0.382 e. The van der Waals surface area contributed by atoms with Crippen LogP contribution in [-0.4, -0.2) is 19.3 Å². The van der Waals surface area contributed by atoms with Gasteiger partial charge in [0, 0.05) is 24.3 Å². The van der Waals surface area contributed by atoms with Crippen molar-refractivity contribution in [2.75, 3.05) is 18.5 Å². The smallest absolute Gasteiger partial charge is 0.0766 e. The summed E-state index contributed by atoms with van der Waals surface area (Å²) in [4.78, 5) is 0. The lowest BCUT2D eigenvalue weighted by molar-refractivity contribution is 0.183. The number of nitriles is 1. The summed E-state index contributed by atoms with van der Waals surface area (Å²) in [5.74, 6) is 0.593. The minimum Gasteiger partial charge on any atom is -0.382 e. The van der Waals surface area contributed by atoms with Crippen LogP contribution in [0.4, 0.5) is 5.69 Å². The normalized spacial score (nSPS) is 20.8. The number of ether oxygens (including phenoxy) is 1. The van der Waals surface area contributed by atoms with Crippen molar-refractivity contribution in [3.63, 3.8) is 0 Å². The second kappa shape index (κ2) is 5.63. The van der Waals surface area contributed by atoms with E-state index in [-0.39, 0.29) is 0 Å². The molecule has 0 radical (unpaired) electrons. The zero-order valence-corrected chi connectivity index (χ0v) is 11.9. The van der Waals surface area contributed by atoms with Crippen molar-refractivity contribution in [2.24, 2.45) is 5.92 Å². The van der Waals surface area contributed by atoms with Crippen LogP contribution < -0.4 is 5.32 Å². The Kier molecular flexibility index (Phi) is 4.11. The van der Waals surface area contributed by atoms with Crippen LogP contribution in [0.3, 0.4) is 0 Å². The quantitative estimate of drug-likeness (QED) is 0.901. The van der Waals surface area contributed by atoms with Crippen LogP contribution in [0.5, 0.6) is 0 Å². The molecule has 1 heterocycles. The first-order chi connectivity index (χ1) is 9.03. The van der Waals surface area contributed by atoms with Gasteiger partial charge in [-0.05, 0) is 44.9 Å². The third kappa shape index (κ3) is 3.27. The maximum Gasteiger partial charge on any atom is 0.0766 e. The van der Waals surface area contributed by atoms with Crippen LogP contribution in [0, 0.1) is 17.2 Å². The molecular weight excluding hydrogens is 236 g/mol. The first-order valence-electron chi connectivity index (χ1n) is 6.89. The summed E-state index contributed by atoms with van der Waals surface area (Å²) in [6, 6.07) is 10.9. The highest BCUT2D eigenvalue weighted by Gasteiger charge is 2.22. The molecule has 0 bridgehead atoms. The lowest BCUT2D eigenvalue weighted by Gasteiger charge is -2.21. The Morgan fingerprint density at radius 1 is 1.37 bits per heavy atom. The van der Waals surface area contributed by atoms with Crippen molar-refractivity contribution in [2.45, 2.75) is 38.6 Å². The van der Waals surface area contributed by atoms with E-state index >= 15 is 0 Å². The van der Waals surface area contributed by atoms with E-state index in [0.717, 1.165) is 30.9 Å². The average molecular weight is 258 g/mol. The van der Waals surface area contributed by atoms with Gasteiger partial charge in [-0.25, -0.2) is 0 Å². The van der Waals surface area contributed by atoms with Gasteiger partial charge >= 0.3 is 0 Å². The van der Waals surface area contributed by atoms with Gasteiger partial charge in [-0.15, -0.1) is 0 Å². The summed E-state index contributed by atoms with van der Waals surface area (Å²) in [5, 5.41) is 12.6. The van der Waals surface area contributed by atoms with Crippen LogP contribution in [-0.2, 0) is 10.2 Å². The maximum atomic E-state index is 9.13. The molecule has 1 saturated heterocycles. The molecule has 2 unspecified atom stereocenters. The Bertz CT molecular complexity index is 453. The van der Waals surface area contributed by atoms with E-state index < -0.39 is 5.41 Å². The van der Waals surface area contributed by atoms with Crippen LogP contribution >= 0.6 is 0 Å². The third-order valence-electron chi connectivity index (χ3n) is 3.95. The molecule has 1 aliphatic rings. The van der Waals surface area contributed by atoms with Gasteiger partial charge in [0.25, 0.3) is 0 Å². The standard InChI is InChI=1S/C16H22N2O/c1-12(13-8-9-19-10-13)18-15-6-4-14(5-7-15)16(2,3)11-17/h4-7,12-13,18H,8-10H2,1-3H3. The second-order valence-corrected chi connectivity index (χ2v) is 5.87. The number of hydrogen-bond acceptors (Lipinski definition) is 3. The Hall–Kier alpha value is -1.53. The third-order valence-corrected chi connectivity index (χ3v) is 3.95. The second-order valence-electron chi connectivity index (χ2n) is 5.87. The molecule has 102 valence electrons. The topological polar surface area (TPSA) is 45.0 Å². The van der Waals surface area contributed by atoms with Crippen LogP contribution in [0.25, 0.3) is 0 Å². The molecule has 3 heteroatoms. The predicted molar refractivity (Wildman–Crippen MR) is 77.1 cm³/mol. The highest BCUT2D eigenvalue weighted by Crippen LogP contribution is 2.25.